The van der Waals surface area contributed by atoms with E-state index in [1.165, 1.54) is 11.8 Å². The number of ether oxygens (including phenoxy) is 1. The first-order valence-corrected chi connectivity index (χ1v) is 5.99. The molecule has 0 radical (unpaired) electrons. The zero-order chi connectivity index (χ0) is 10.7. The molecule has 0 aliphatic carbocycles. The minimum atomic E-state index is -1.21. The number of nitrogens with zero attached hydrogens (tertiary/aromatic N) is 1. The first-order valence-electron chi connectivity index (χ1n) is 6.11. The third-order valence-electron chi connectivity index (χ3n) is 3.48. The Kier molecular flexibility index (Phi) is 1.48. The van der Waals surface area contributed by atoms with Crippen LogP contribution in [-0.2, 0) is 4.74 Å². The maximum Gasteiger partial charge on any atom is 0.101 e. The van der Waals surface area contributed by atoms with Gasteiger partial charge >= 0.3 is 0 Å². The van der Waals surface area contributed by atoms with Crippen LogP contribution in [0.15, 0.2) is 0 Å². The van der Waals surface area contributed by atoms with Crippen molar-refractivity contribution in [2.24, 2.45) is 5.92 Å². The van der Waals surface area contributed by atoms with Crippen LogP contribution in [0.4, 0.5) is 0 Å². The molecule has 2 unspecified atom stereocenters. The Balaban J connectivity index is 1.96. The fourth-order valence-corrected chi connectivity index (χ4v) is 3.66. The second kappa shape index (κ2) is 2.88. The van der Waals surface area contributed by atoms with Gasteiger partial charge in [0.1, 0.15) is 5.44 Å². The number of rotatable bonds is 0. The molecule has 3 heteroatoms. The Hall–Kier alpha value is 0.270. The third kappa shape index (κ3) is 1.24. The van der Waals surface area contributed by atoms with E-state index in [2.05, 4.69) is 4.90 Å². The summed E-state index contributed by atoms with van der Waals surface area (Å²) in [5, 5.41) is 0. The second-order valence-corrected chi connectivity index (χ2v) is 5.45. The van der Waals surface area contributed by atoms with Crippen molar-refractivity contribution in [1.82, 2.24) is 4.90 Å². The van der Waals surface area contributed by atoms with Crippen LogP contribution in [0.25, 0.3) is 0 Å². The molecule has 1 spiro atoms. The Bertz CT molecular complexity index is 281. The zero-order valence-corrected chi connectivity index (χ0v) is 8.77. The standard InChI is InChI=1S/C10H17NOS/c1-8-12-10(7-13-8)6-11-4-2-9(10)3-5-11/h8-9H,2-7H2,1H3/i7T2. The number of hydrogen-bond acceptors (Lipinski definition) is 3. The van der Waals surface area contributed by atoms with Crippen molar-refractivity contribution < 1.29 is 7.48 Å². The third-order valence-corrected chi connectivity index (χ3v) is 4.37. The van der Waals surface area contributed by atoms with Crippen molar-refractivity contribution in [2.75, 3.05) is 25.3 Å². The first kappa shape index (κ1) is 6.70. The molecular formula is C10H17NOS. The fourth-order valence-electron chi connectivity index (χ4n) is 2.79. The average Bonchev–Trinajstić information content (AvgIpc) is 2.38. The van der Waals surface area contributed by atoms with E-state index in [9.17, 15) is 0 Å². The van der Waals surface area contributed by atoms with E-state index in [0.29, 0.717) is 5.92 Å². The molecule has 0 N–H and O–H groups in total. The van der Waals surface area contributed by atoms with Gasteiger partial charge in [0.15, 0.2) is 0 Å². The molecular weight excluding hydrogens is 182 g/mol. The summed E-state index contributed by atoms with van der Waals surface area (Å²) in [5.74, 6) is 0.426. The van der Waals surface area contributed by atoms with Gasteiger partial charge in [0.05, 0.1) is 5.60 Å². The van der Waals surface area contributed by atoms with Crippen LogP contribution >= 0.6 is 11.8 Å². The predicted octanol–water partition coefficient (Wildman–Crippen LogP) is 1.56. The van der Waals surface area contributed by atoms with Crippen LogP contribution in [0, 0.1) is 5.92 Å². The molecule has 2 nitrogen and oxygen atoms in total. The fraction of sp³-hybridized carbons (Fsp3) is 1.00. The highest BCUT2D eigenvalue weighted by molar-refractivity contribution is 8.00. The quantitative estimate of drug-likeness (QED) is 0.593. The average molecular weight is 203 g/mol. The minimum Gasteiger partial charge on any atom is -0.359 e. The smallest absolute Gasteiger partial charge is 0.101 e. The molecule has 2 atom stereocenters. The van der Waals surface area contributed by atoms with Crippen molar-refractivity contribution >= 4 is 11.8 Å². The summed E-state index contributed by atoms with van der Waals surface area (Å²) in [7, 11) is 0. The summed E-state index contributed by atoms with van der Waals surface area (Å²) < 4.78 is 22.4. The molecule has 74 valence electrons. The van der Waals surface area contributed by atoms with E-state index in [1.807, 2.05) is 6.92 Å². The minimum absolute atomic E-state index is 0.000509. The molecule has 0 amide bonds. The highest BCUT2D eigenvalue weighted by Gasteiger charge is 2.51. The van der Waals surface area contributed by atoms with E-state index in [1.54, 1.807) is 0 Å². The lowest BCUT2D eigenvalue weighted by atomic mass is 9.76. The van der Waals surface area contributed by atoms with E-state index < -0.39 is 11.3 Å². The van der Waals surface area contributed by atoms with Crippen LogP contribution in [-0.4, -0.2) is 41.3 Å². The molecule has 4 fully saturated rings. The molecule has 0 aromatic rings. The summed E-state index contributed by atoms with van der Waals surface area (Å²) in [6, 6.07) is 0. The summed E-state index contributed by atoms with van der Waals surface area (Å²) >= 11 is 1.35. The molecule has 4 aliphatic heterocycles. The van der Waals surface area contributed by atoms with Gasteiger partial charge in [-0.3, -0.25) is 0 Å². The van der Waals surface area contributed by atoms with Gasteiger partial charge in [-0.15, -0.1) is 11.8 Å². The van der Waals surface area contributed by atoms with Crippen LogP contribution in [0.5, 0.6) is 0 Å². The van der Waals surface area contributed by atoms with E-state index >= 15 is 0 Å². The number of thioether (sulfide) groups is 1. The molecule has 0 aromatic carbocycles. The second-order valence-electron chi connectivity index (χ2n) is 4.35. The molecule has 4 aliphatic rings. The van der Waals surface area contributed by atoms with E-state index in [0.717, 1.165) is 32.5 Å². The van der Waals surface area contributed by atoms with Gasteiger partial charge in [0.25, 0.3) is 0 Å². The first-order chi connectivity index (χ1) is 7.03. The van der Waals surface area contributed by atoms with Crippen molar-refractivity contribution in [3.05, 3.63) is 0 Å². The van der Waals surface area contributed by atoms with Gasteiger partial charge in [-0.25, -0.2) is 0 Å². The number of fused-ring (bicyclic) bond motifs is 2. The SMILES string of the molecule is [3H]C1([3H])SC(C)OC12CN1CCC2CC1. The molecule has 4 rings (SSSR count). The van der Waals surface area contributed by atoms with Gasteiger partial charge in [-0.05, 0) is 38.8 Å². The van der Waals surface area contributed by atoms with Crippen LogP contribution in [0.1, 0.15) is 22.5 Å². The molecule has 0 saturated carbocycles. The molecule has 4 saturated heterocycles. The maximum atomic E-state index is 8.19. The predicted molar refractivity (Wildman–Crippen MR) is 54.9 cm³/mol. The highest BCUT2D eigenvalue weighted by atomic mass is 32.2. The van der Waals surface area contributed by atoms with Crippen LogP contribution < -0.4 is 0 Å². The van der Waals surface area contributed by atoms with Crippen molar-refractivity contribution in [3.63, 3.8) is 0 Å². The summed E-state index contributed by atoms with van der Waals surface area (Å²) in [6.07, 6.45) is 2.21. The molecule has 2 bridgehead atoms. The summed E-state index contributed by atoms with van der Waals surface area (Å²) in [4.78, 5) is 2.36. The Morgan fingerprint density at radius 3 is 2.77 bits per heavy atom. The molecule has 0 aromatic heterocycles. The van der Waals surface area contributed by atoms with Crippen molar-refractivity contribution in [2.45, 2.75) is 30.8 Å². The lowest BCUT2D eigenvalue weighted by Crippen LogP contribution is -2.60. The van der Waals surface area contributed by atoms with E-state index in [4.69, 9.17) is 7.48 Å². The Morgan fingerprint density at radius 2 is 2.31 bits per heavy atom. The van der Waals surface area contributed by atoms with Gasteiger partial charge in [-0.1, -0.05) is 0 Å². The molecule has 13 heavy (non-hydrogen) atoms. The lowest BCUT2D eigenvalue weighted by molar-refractivity contribution is -0.133. The Labute approximate surface area is 86.8 Å². The van der Waals surface area contributed by atoms with Gasteiger partial charge < -0.3 is 9.64 Å². The molecule has 4 heterocycles. The summed E-state index contributed by atoms with van der Waals surface area (Å²) in [6.45, 7) is 5.02. The zero-order valence-electron chi connectivity index (χ0n) is 9.95. The number of piperidine rings is 3. The van der Waals surface area contributed by atoms with Gasteiger partial charge in [0.2, 0.25) is 0 Å². The largest absolute Gasteiger partial charge is 0.359 e. The topological polar surface area (TPSA) is 12.5 Å². The monoisotopic (exact) mass is 203 g/mol. The summed E-state index contributed by atoms with van der Waals surface area (Å²) in [5.41, 5.74) is -1.73. The van der Waals surface area contributed by atoms with Gasteiger partial charge in [0, 0.05) is 15.0 Å². The Morgan fingerprint density at radius 1 is 1.54 bits per heavy atom. The van der Waals surface area contributed by atoms with Crippen molar-refractivity contribution in [3.8, 4) is 0 Å². The lowest BCUT2D eigenvalue weighted by Gasteiger charge is -2.50. The maximum absolute atomic E-state index is 8.19. The van der Waals surface area contributed by atoms with Gasteiger partial charge in [-0.2, -0.15) is 0 Å². The van der Waals surface area contributed by atoms with Crippen LogP contribution in [0.2, 0.25) is 0 Å². The van der Waals surface area contributed by atoms with Crippen LogP contribution in [0.3, 0.4) is 0 Å². The number of hydrogen-bond donors (Lipinski definition) is 0. The highest BCUT2D eigenvalue weighted by Crippen LogP contribution is 2.46. The van der Waals surface area contributed by atoms with Crippen molar-refractivity contribution in [1.29, 1.82) is 0 Å². The van der Waals surface area contributed by atoms with E-state index in [-0.39, 0.29) is 5.44 Å². The normalized spacial score (nSPS) is 60.8.